The van der Waals surface area contributed by atoms with Gasteiger partial charge in [0.25, 0.3) is 8.32 Å². The average molecular weight is 482 g/mol. The number of H-pyrrole nitrogens is 1. The van der Waals surface area contributed by atoms with Gasteiger partial charge < -0.3 is 9.41 Å². The Hall–Kier alpha value is -3.44. The second-order valence-corrected chi connectivity index (χ2v) is 12.3. The SMILES string of the molecule is C[Si](O[C@H](C(=O)c1ccccc1)c1cccc2c(Cl)c[nH]c12)(c1ccccc1)c1ccccc1. The largest absolute Gasteiger partial charge is 0.394 e. The lowest BCUT2D eigenvalue weighted by Gasteiger charge is -2.33. The molecular weight excluding hydrogens is 458 g/mol. The third-order valence-corrected chi connectivity index (χ3v) is 10.2. The highest BCUT2D eigenvalue weighted by molar-refractivity contribution is 6.96. The van der Waals surface area contributed by atoms with E-state index < -0.39 is 14.4 Å². The number of aromatic nitrogens is 1. The molecule has 0 saturated heterocycles. The molecule has 1 atom stereocenters. The van der Waals surface area contributed by atoms with Gasteiger partial charge in [-0.1, -0.05) is 121 Å². The number of para-hydroxylation sites is 1. The number of benzene rings is 4. The van der Waals surface area contributed by atoms with E-state index >= 15 is 0 Å². The van der Waals surface area contributed by atoms with Crippen LogP contribution in [0.25, 0.3) is 10.9 Å². The van der Waals surface area contributed by atoms with Gasteiger partial charge in [-0.25, -0.2) is 0 Å². The van der Waals surface area contributed by atoms with Crippen molar-refractivity contribution in [2.45, 2.75) is 12.7 Å². The molecule has 0 aliphatic carbocycles. The number of fused-ring (bicyclic) bond motifs is 1. The van der Waals surface area contributed by atoms with E-state index in [1.807, 2.05) is 84.9 Å². The van der Waals surface area contributed by atoms with Crippen LogP contribution in [0.2, 0.25) is 11.6 Å². The molecule has 0 bridgehead atoms. The van der Waals surface area contributed by atoms with Crippen LogP contribution < -0.4 is 10.4 Å². The fourth-order valence-corrected chi connectivity index (χ4v) is 7.60. The summed E-state index contributed by atoms with van der Waals surface area (Å²) in [6.45, 7) is 2.16. The number of hydrogen-bond donors (Lipinski definition) is 1. The van der Waals surface area contributed by atoms with Crippen molar-refractivity contribution in [3.05, 3.63) is 132 Å². The summed E-state index contributed by atoms with van der Waals surface area (Å²) < 4.78 is 7.06. The lowest BCUT2D eigenvalue weighted by molar-refractivity contribution is 0.0788. The first-order valence-corrected chi connectivity index (χ1v) is 14.0. The maximum Gasteiger partial charge on any atom is 0.254 e. The van der Waals surface area contributed by atoms with Crippen LogP contribution in [0.1, 0.15) is 22.0 Å². The fourth-order valence-electron chi connectivity index (χ4n) is 4.42. The lowest BCUT2D eigenvalue weighted by Crippen LogP contribution is -2.59. The molecule has 168 valence electrons. The van der Waals surface area contributed by atoms with Gasteiger partial charge in [-0.15, -0.1) is 0 Å². The van der Waals surface area contributed by atoms with E-state index in [-0.39, 0.29) is 5.78 Å². The molecule has 1 N–H and O–H groups in total. The van der Waals surface area contributed by atoms with Crippen LogP contribution in [0, 0.1) is 0 Å². The molecule has 34 heavy (non-hydrogen) atoms. The van der Waals surface area contributed by atoms with Crippen LogP contribution in [0.4, 0.5) is 0 Å². The molecule has 0 unspecified atom stereocenters. The van der Waals surface area contributed by atoms with Crippen LogP contribution >= 0.6 is 11.6 Å². The van der Waals surface area contributed by atoms with Crippen molar-refractivity contribution in [3.8, 4) is 0 Å². The van der Waals surface area contributed by atoms with Crippen LogP contribution in [-0.4, -0.2) is 19.1 Å². The molecular formula is C29H24ClNO2Si. The summed E-state index contributed by atoms with van der Waals surface area (Å²) in [6.07, 6.45) is 0.947. The van der Waals surface area contributed by atoms with E-state index in [1.54, 1.807) is 6.20 Å². The van der Waals surface area contributed by atoms with Gasteiger partial charge in [0.2, 0.25) is 0 Å². The zero-order chi connectivity index (χ0) is 23.5. The predicted molar refractivity (Wildman–Crippen MR) is 142 cm³/mol. The van der Waals surface area contributed by atoms with E-state index in [2.05, 4.69) is 35.8 Å². The van der Waals surface area contributed by atoms with Crippen molar-refractivity contribution < 1.29 is 9.22 Å². The van der Waals surface area contributed by atoms with E-state index in [0.717, 1.165) is 26.8 Å². The quantitative estimate of drug-likeness (QED) is 0.224. The lowest BCUT2D eigenvalue weighted by atomic mass is 9.98. The molecule has 1 aromatic heterocycles. The molecule has 0 amide bonds. The zero-order valence-corrected chi connectivity index (χ0v) is 20.5. The Morgan fingerprint density at radius 1 is 0.794 bits per heavy atom. The highest BCUT2D eigenvalue weighted by atomic mass is 35.5. The summed E-state index contributed by atoms with van der Waals surface area (Å²) in [7, 11) is -2.79. The molecule has 0 saturated carbocycles. The number of nitrogens with one attached hydrogen (secondary N) is 1. The normalized spacial score (nSPS) is 12.5. The van der Waals surface area contributed by atoms with Gasteiger partial charge in [0, 0.05) is 22.7 Å². The first-order valence-electron chi connectivity index (χ1n) is 11.2. The Morgan fingerprint density at radius 2 is 1.35 bits per heavy atom. The van der Waals surface area contributed by atoms with Gasteiger partial charge in [-0.2, -0.15) is 0 Å². The van der Waals surface area contributed by atoms with Crippen molar-refractivity contribution in [2.75, 3.05) is 0 Å². The second-order valence-electron chi connectivity index (χ2n) is 8.40. The van der Waals surface area contributed by atoms with E-state index in [9.17, 15) is 4.79 Å². The number of rotatable bonds is 7. The number of carbonyl (C=O) groups excluding carboxylic acids is 1. The van der Waals surface area contributed by atoms with Crippen molar-refractivity contribution in [3.63, 3.8) is 0 Å². The topological polar surface area (TPSA) is 42.1 Å². The highest BCUT2D eigenvalue weighted by Crippen LogP contribution is 2.34. The van der Waals surface area contributed by atoms with Gasteiger partial charge in [0.05, 0.1) is 10.5 Å². The summed E-state index contributed by atoms with van der Waals surface area (Å²) in [6, 6.07) is 35.6. The second kappa shape index (κ2) is 9.43. The molecule has 0 radical (unpaired) electrons. The van der Waals surface area contributed by atoms with Gasteiger partial charge >= 0.3 is 0 Å². The zero-order valence-electron chi connectivity index (χ0n) is 18.7. The Kier molecular flexibility index (Phi) is 6.20. The molecule has 5 aromatic rings. The molecule has 1 heterocycles. The molecule has 4 aromatic carbocycles. The number of Topliss-reactive ketones (excluding diaryl/α,β-unsaturated/α-hetero) is 1. The minimum absolute atomic E-state index is 0.0793. The number of ketones is 1. The number of halogens is 1. The van der Waals surface area contributed by atoms with E-state index in [4.69, 9.17) is 16.0 Å². The van der Waals surface area contributed by atoms with Crippen LogP contribution in [-0.2, 0) is 4.43 Å². The predicted octanol–water partition coefficient (Wildman–Crippen LogP) is 6.15. The van der Waals surface area contributed by atoms with E-state index in [0.29, 0.717) is 10.6 Å². The van der Waals surface area contributed by atoms with Gasteiger partial charge in [-0.05, 0) is 16.9 Å². The molecule has 5 heteroatoms. The van der Waals surface area contributed by atoms with Gasteiger partial charge in [0.1, 0.15) is 6.10 Å². The maximum atomic E-state index is 14.0. The smallest absolute Gasteiger partial charge is 0.254 e. The van der Waals surface area contributed by atoms with Crippen molar-refractivity contribution in [2.24, 2.45) is 0 Å². The third kappa shape index (κ3) is 4.12. The number of hydrogen-bond acceptors (Lipinski definition) is 2. The molecule has 3 nitrogen and oxygen atoms in total. The number of carbonyl (C=O) groups is 1. The summed E-state index contributed by atoms with van der Waals surface area (Å²) >= 11 is 6.42. The highest BCUT2D eigenvalue weighted by Gasteiger charge is 2.40. The monoisotopic (exact) mass is 481 g/mol. The first kappa shape index (κ1) is 22.4. The Labute approximate surface area is 205 Å². The Bertz CT molecular complexity index is 1380. The van der Waals surface area contributed by atoms with Crippen LogP contribution in [0.5, 0.6) is 0 Å². The molecule has 0 fully saturated rings. The third-order valence-electron chi connectivity index (χ3n) is 6.28. The fraction of sp³-hybridized carbons (Fsp3) is 0.0690. The van der Waals surface area contributed by atoms with Crippen molar-refractivity contribution in [1.29, 1.82) is 0 Å². The summed E-state index contributed by atoms with van der Waals surface area (Å²) in [5.41, 5.74) is 2.21. The summed E-state index contributed by atoms with van der Waals surface area (Å²) in [4.78, 5) is 17.2. The molecule has 0 aliphatic heterocycles. The number of aromatic amines is 1. The Morgan fingerprint density at radius 3 is 1.94 bits per heavy atom. The van der Waals surface area contributed by atoms with Gasteiger partial charge in [-0.3, -0.25) is 4.79 Å². The van der Waals surface area contributed by atoms with Crippen LogP contribution in [0.3, 0.4) is 0 Å². The minimum atomic E-state index is -2.79. The average Bonchev–Trinajstić information content (AvgIpc) is 3.29. The molecule has 0 aliphatic rings. The minimum Gasteiger partial charge on any atom is -0.394 e. The molecule has 0 spiro atoms. The molecule has 5 rings (SSSR count). The van der Waals surface area contributed by atoms with E-state index in [1.165, 1.54) is 0 Å². The van der Waals surface area contributed by atoms with Crippen molar-refractivity contribution in [1.82, 2.24) is 4.98 Å². The summed E-state index contributed by atoms with van der Waals surface area (Å²) in [5.74, 6) is -0.0793. The van der Waals surface area contributed by atoms with Crippen LogP contribution in [0.15, 0.2) is 115 Å². The van der Waals surface area contributed by atoms with Gasteiger partial charge in [0.15, 0.2) is 5.78 Å². The Balaban J connectivity index is 1.70. The summed E-state index contributed by atoms with van der Waals surface area (Å²) in [5, 5.41) is 3.69. The first-order chi connectivity index (χ1) is 16.6. The maximum absolute atomic E-state index is 14.0. The standard InChI is InChI=1S/C29H24ClNO2Si/c1-34(22-14-7-3-8-15-22,23-16-9-4-10-17-23)33-29(28(32)21-12-5-2-6-13-21)25-19-11-18-24-26(30)20-31-27(24)25/h2-20,29,31H,1H3/t29-/m0/s1. The van der Waals surface area contributed by atoms with Crippen molar-refractivity contribution >= 4 is 47.0 Å².